The molecule has 1 fully saturated rings. The second-order valence-corrected chi connectivity index (χ2v) is 5.95. The minimum Gasteiger partial charge on any atom is -0.472 e. The highest BCUT2D eigenvalue weighted by Gasteiger charge is 2.55. The molecule has 0 aromatic rings. The van der Waals surface area contributed by atoms with E-state index in [1.165, 1.54) is 6.92 Å². The quantitative estimate of drug-likeness (QED) is 0.428. The molecule has 7 nitrogen and oxygen atoms in total. The molecular formula is C10H11F3O7S. The Bertz CT molecular complexity index is 574. The summed E-state index contributed by atoms with van der Waals surface area (Å²) in [5, 5.41) is 0. The number of alkyl halides is 3. The molecule has 120 valence electrons. The summed E-state index contributed by atoms with van der Waals surface area (Å²) in [6.45, 7) is 1.43. The number of esters is 1. The normalized spacial score (nSPS) is 21.0. The molecule has 2 heterocycles. The van der Waals surface area contributed by atoms with E-state index in [9.17, 15) is 26.4 Å². The Morgan fingerprint density at radius 1 is 1.38 bits per heavy atom. The van der Waals surface area contributed by atoms with E-state index in [0.29, 0.717) is 0 Å². The Hall–Kier alpha value is -1.49. The average Bonchev–Trinajstić information content (AvgIpc) is 2.67. The summed E-state index contributed by atoms with van der Waals surface area (Å²) < 4.78 is 77.7. The van der Waals surface area contributed by atoms with Crippen LogP contribution >= 0.6 is 0 Å². The third-order valence-corrected chi connectivity index (χ3v) is 3.73. The van der Waals surface area contributed by atoms with Crippen LogP contribution in [0.4, 0.5) is 13.2 Å². The minimum atomic E-state index is -5.88. The van der Waals surface area contributed by atoms with E-state index in [1.807, 2.05) is 0 Å². The van der Waals surface area contributed by atoms with Crippen LogP contribution in [0.2, 0.25) is 0 Å². The first kappa shape index (κ1) is 15.9. The predicted molar refractivity (Wildman–Crippen MR) is 59.0 cm³/mol. The van der Waals surface area contributed by atoms with Crippen molar-refractivity contribution in [3.63, 3.8) is 0 Å². The first-order chi connectivity index (χ1) is 9.60. The van der Waals surface area contributed by atoms with Crippen molar-refractivity contribution < 1.29 is 44.8 Å². The van der Waals surface area contributed by atoms with E-state index >= 15 is 0 Å². The molecule has 2 rings (SSSR count). The zero-order valence-electron chi connectivity index (χ0n) is 10.7. The van der Waals surface area contributed by atoms with Crippen LogP contribution in [0.5, 0.6) is 0 Å². The van der Waals surface area contributed by atoms with Gasteiger partial charge >= 0.3 is 21.6 Å². The lowest BCUT2D eigenvalue weighted by Crippen LogP contribution is -2.49. The number of hydrogen-bond donors (Lipinski definition) is 0. The van der Waals surface area contributed by atoms with Gasteiger partial charge in [0.05, 0.1) is 26.2 Å². The smallest absolute Gasteiger partial charge is 0.472 e. The molecule has 1 spiro atoms. The predicted octanol–water partition coefficient (Wildman–Crippen LogP) is 0.817. The van der Waals surface area contributed by atoms with Crippen molar-refractivity contribution in [3.8, 4) is 0 Å². The monoisotopic (exact) mass is 332 g/mol. The van der Waals surface area contributed by atoms with Crippen LogP contribution in [0.25, 0.3) is 0 Å². The van der Waals surface area contributed by atoms with Crippen molar-refractivity contribution in [2.45, 2.75) is 24.5 Å². The molecule has 11 heteroatoms. The minimum absolute atomic E-state index is 0.00876. The fourth-order valence-corrected chi connectivity index (χ4v) is 2.27. The maximum absolute atomic E-state index is 12.3. The van der Waals surface area contributed by atoms with Gasteiger partial charge in [-0.2, -0.15) is 21.6 Å². The highest BCUT2D eigenvalue weighted by Crippen LogP contribution is 2.42. The van der Waals surface area contributed by atoms with Crippen molar-refractivity contribution in [2.75, 3.05) is 19.8 Å². The summed E-state index contributed by atoms with van der Waals surface area (Å²) >= 11 is 0. The largest absolute Gasteiger partial charge is 0.534 e. The van der Waals surface area contributed by atoms with Crippen molar-refractivity contribution in [1.29, 1.82) is 0 Å². The molecule has 1 saturated heterocycles. The highest BCUT2D eigenvalue weighted by molar-refractivity contribution is 7.87. The number of hydrogen-bond acceptors (Lipinski definition) is 7. The van der Waals surface area contributed by atoms with Crippen LogP contribution in [0, 0.1) is 0 Å². The maximum Gasteiger partial charge on any atom is 0.534 e. The van der Waals surface area contributed by atoms with Gasteiger partial charge < -0.3 is 18.4 Å². The van der Waals surface area contributed by atoms with Gasteiger partial charge in [-0.05, 0) is 6.92 Å². The standard InChI is InChI=1S/C10H11F3O7S/c1-2-18-8(14)7-6(3-9(19-7)4-17-5-9)20-21(15,16)10(11,12)13/h2-5H2,1H3. The Morgan fingerprint density at radius 3 is 2.43 bits per heavy atom. The van der Waals surface area contributed by atoms with Gasteiger partial charge in [-0.3, -0.25) is 0 Å². The van der Waals surface area contributed by atoms with Gasteiger partial charge in [0.2, 0.25) is 5.76 Å². The van der Waals surface area contributed by atoms with Gasteiger partial charge in [-0.15, -0.1) is 0 Å². The molecule has 0 saturated carbocycles. The topological polar surface area (TPSA) is 88.1 Å². The van der Waals surface area contributed by atoms with Gasteiger partial charge in [0.25, 0.3) is 0 Å². The lowest BCUT2D eigenvalue weighted by atomic mass is 9.99. The van der Waals surface area contributed by atoms with E-state index in [4.69, 9.17) is 9.47 Å². The summed E-state index contributed by atoms with van der Waals surface area (Å²) in [5.41, 5.74) is -6.68. The number of carbonyl (C=O) groups excluding carboxylic acids is 1. The maximum atomic E-state index is 12.3. The summed E-state index contributed by atoms with van der Waals surface area (Å²) in [7, 11) is -5.88. The number of carbonyl (C=O) groups is 1. The zero-order valence-corrected chi connectivity index (χ0v) is 11.5. The van der Waals surface area contributed by atoms with E-state index < -0.39 is 38.7 Å². The lowest BCUT2D eigenvalue weighted by molar-refractivity contribution is -0.185. The molecule has 0 N–H and O–H groups in total. The van der Waals surface area contributed by atoms with Crippen LogP contribution in [0.1, 0.15) is 13.3 Å². The fourth-order valence-electron chi connectivity index (χ4n) is 1.77. The fraction of sp³-hybridized carbons (Fsp3) is 0.700. The summed E-state index contributed by atoms with van der Waals surface area (Å²) in [6.07, 6.45) is -0.323. The Balaban J connectivity index is 2.27. The molecule has 21 heavy (non-hydrogen) atoms. The number of rotatable bonds is 4. The molecule has 0 aromatic heterocycles. The second kappa shape index (κ2) is 5.05. The van der Waals surface area contributed by atoms with Crippen LogP contribution in [-0.2, 0) is 33.3 Å². The zero-order chi connectivity index (χ0) is 15.9. The van der Waals surface area contributed by atoms with Gasteiger partial charge in [-0.1, -0.05) is 0 Å². The Kier molecular flexibility index (Phi) is 3.82. The van der Waals surface area contributed by atoms with Crippen molar-refractivity contribution >= 4 is 16.1 Å². The molecule has 2 aliphatic rings. The van der Waals surface area contributed by atoms with E-state index in [-0.39, 0.29) is 26.2 Å². The van der Waals surface area contributed by atoms with Gasteiger partial charge in [0, 0.05) is 0 Å². The Morgan fingerprint density at radius 2 is 2.00 bits per heavy atom. The number of halogens is 3. The van der Waals surface area contributed by atoms with Gasteiger partial charge in [0.15, 0.2) is 11.4 Å². The molecule has 0 unspecified atom stereocenters. The third-order valence-electron chi connectivity index (χ3n) is 2.74. The van der Waals surface area contributed by atoms with Crippen molar-refractivity contribution in [2.24, 2.45) is 0 Å². The molecule has 0 amide bonds. The first-order valence-electron chi connectivity index (χ1n) is 5.78. The molecule has 0 aromatic carbocycles. The summed E-state index contributed by atoms with van der Waals surface area (Å²) in [4.78, 5) is 11.6. The van der Waals surface area contributed by atoms with Crippen LogP contribution < -0.4 is 0 Å². The molecule has 0 aliphatic carbocycles. The van der Waals surface area contributed by atoms with Crippen LogP contribution in [0.15, 0.2) is 11.5 Å². The van der Waals surface area contributed by atoms with E-state index in [2.05, 4.69) is 8.92 Å². The highest BCUT2D eigenvalue weighted by atomic mass is 32.2. The molecule has 0 atom stereocenters. The van der Waals surface area contributed by atoms with Gasteiger partial charge in [-0.25, -0.2) is 4.79 Å². The lowest BCUT2D eigenvalue weighted by Gasteiger charge is -2.36. The Labute approximate surface area is 117 Å². The van der Waals surface area contributed by atoms with Crippen LogP contribution in [0.3, 0.4) is 0 Å². The number of ether oxygens (including phenoxy) is 3. The summed E-state index contributed by atoms with van der Waals surface area (Å²) in [6, 6.07) is 0. The molecule has 2 aliphatic heterocycles. The summed E-state index contributed by atoms with van der Waals surface area (Å²) in [5.74, 6) is -2.49. The van der Waals surface area contributed by atoms with Crippen molar-refractivity contribution in [3.05, 3.63) is 11.5 Å². The van der Waals surface area contributed by atoms with E-state index in [0.717, 1.165) is 0 Å². The van der Waals surface area contributed by atoms with E-state index in [1.54, 1.807) is 0 Å². The average molecular weight is 332 g/mol. The van der Waals surface area contributed by atoms with Gasteiger partial charge in [0.1, 0.15) is 0 Å². The second-order valence-electron chi connectivity index (χ2n) is 4.41. The third kappa shape index (κ3) is 2.93. The first-order valence-corrected chi connectivity index (χ1v) is 7.19. The molecule has 0 bridgehead atoms. The SMILES string of the molecule is CCOC(=O)C1=C(OS(=O)(=O)C(F)(F)F)CC2(COC2)O1. The van der Waals surface area contributed by atoms with Crippen LogP contribution in [-0.4, -0.2) is 45.3 Å². The molecular weight excluding hydrogens is 321 g/mol. The molecule has 0 radical (unpaired) electrons. The van der Waals surface area contributed by atoms with Crippen molar-refractivity contribution in [1.82, 2.24) is 0 Å².